The SMILES string of the molecule is CNC(=O)c1ccccc1N1C(=O)c2ccccc2C1=O. The van der Waals surface area contributed by atoms with Crippen LogP contribution in [0.25, 0.3) is 0 Å². The maximum absolute atomic E-state index is 12.4. The lowest BCUT2D eigenvalue weighted by Crippen LogP contribution is -2.32. The second-order valence-corrected chi connectivity index (χ2v) is 4.59. The van der Waals surface area contributed by atoms with E-state index >= 15 is 0 Å². The summed E-state index contributed by atoms with van der Waals surface area (Å²) in [7, 11) is 1.50. The second kappa shape index (κ2) is 4.86. The van der Waals surface area contributed by atoms with Crippen LogP contribution in [0.15, 0.2) is 48.5 Å². The molecule has 5 heteroatoms. The molecular weight excluding hydrogens is 268 g/mol. The largest absolute Gasteiger partial charge is 0.355 e. The van der Waals surface area contributed by atoms with E-state index in [1.807, 2.05) is 0 Å². The van der Waals surface area contributed by atoms with Gasteiger partial charge in [0.1, 0.15) is 0 Å². The topological polar surface area (TPSA) is 66.5 Å². The molecule has 5 nitrogen and oxygen atoms in total. The average Bonchev–Trinajstić information content (AvgIpc) is 2.78. The van der Waals surface area contributed by atoms with Gasteiger partial charge in [0, 0.05) is 7.05 Å². The van der Waals surface area contributed by atoms with Gasteiger partial charge in [0.15, 0.2) is 0 Å². The molecule has 0 aliphatic carbocycles. The van der Waals surface area contributed by atoms with Crippen LogP contribution in [-0.2, 0) is 0 Å². The van der Waals surface area contributed by atoms with Crippen LogP contribution in [0.1, 0.15) is 31.1 Å². The number of anilines is 1. The number of carbonyl (C=O) groups is 3. The monoisotopic (exact) mass is 280 g/mol. The fourth-order valence-electron chi connectivity index (χ4n) is 2.40. The quantitative estimate of drug-likeness (QED) is 0.854. The number of imide groups is 1. The summed E-state index contributed by atoms with van der Waals surface area (Å²) in [4.78, 5) is 37.9. The Labute approximate surface area is 121 Å². The van der Waals surface area contributed by atoms with Gasteiger partial charge in [-0.2, -0.15) is 0 Å². The van der Waals surface area contributed by atoms with Crippen LogP contribution in [0.5, 0.6) is 0 Å². The van der Waals surface area contributed by atoms with Gasteiger partial charge in [-0.05, 0) is 24.3 Å². The highest BCUT2D eigenvalue weighted by Gasteiger charge is 2.37. The van der Waals surface area contributed by atoms with Crippen LogP contribution in [0.4, 0.5) is 5.69 Å². The highest BCUT2D eigenvalue weighted by atomic mass is 16.2. The van der Waals surface area contributed by atoms with E-state index in [1.165, 1.54) is 7.05 Å². The van der Waals surface area contributed by atoms with E-state index in [4.69, 9.17) is 0 Å². The summed E-state index contributed by atoms with van der Waals surface area (Å²) in [5.74, 6) is -1.17. The number of amides is 3. The Balaban J connectivity index is 2.14. The van der Waals surface area contributed by atoms with E-state index in [0.717, 1.165) is 4.90 Å². The maximum atomic E-state index is 12.4. The molecule has 0 radical (unpaired) electrons. The van der Waals surface area contributed by atoms with E-state index in [0.29, 0.717) is 16.8 Å². The van der Waals surface area contributed by atoms with Crippen LogP contribution in [-0.4, -0.2) is 24.8 Å². The zero-order valence-electron chi connectivity index (χ0n) is 11.3. The molecule has 0 aromatic heterocycles. The molecule has 104 valence electrons. The predicted octanol–water partition coefficient (Wildman–Crippen LogP) is 1.85. The molecule has 3 amide bonds. The van der Waals surface area contributed by atoms with E-state index in [9.17, 15) is 14.4 Å². The van der Waals surface area contributed by atoms with Crippen molar-refractivity contribution in [2.75, 3.05) is 11.9 Å². The van der Waals surface area contributed by atoms with Crippen molar-refractivity contribution in [1.82, 2.24) is 5.32 Å². The van der Waals surface area contributed by atoms with Crippen LogP contribution in [0, 0.1) is 0 Å². The molecule has 0 saturated heterocycles. The van der Waals surface area contributed by atoms with Crippen molar-refractivity contribution in [3.05, 3.63) is 65.2 Å². The van der Waals surface area contributed by atoms with Gasteiger partial charge in [0.2, 0.25) is 0 Å². The number of nitrogens with zero attached hydrogens (tertiary/aromatic N) is 1. The lowest BCUT2D eigenvalue weighted by molar-refractivity contribution is 0.0926. The lowest BCUT2D eigenvalue weighted by atomic mass is 10.1. The zero-order valence-corrected chi connectivity index (χ0v) is 11.3. The first-order chi connectivity index (χ1) is 10.1. The highest BCUT2D eigenvalue weighted by molar-refractivity contribution is 6.35. The molecule has 1 N–H and O–H groups in total. The number of nitrogens with one attached hydrogen (secondary N) is 1. The Bertz CT molecular complexity index is 733. The Morgan fingerprint density at radius 3 is 2.00 bits per heavy atom. The Hall–Kier alpha value is -2.95. The van der Waals surface area contributed by atoms with Crippen LogP contribution < -0.4 is 10.2 Å². The molecule has 1 aliphatic rings. The van der Waals surface area contributed by atoms with Crippen molar-refractivity contribution in [1.29, 1.82) is 0 Å². The molecule has 0 atom stereocenters. The summed E-state index contributed by atoms with van der Waals surface area (Å²) in [5.41, 5.74) is 1.29. The first kappa shape index (κ1) is 13.1. The first-order valence-corrected chi connectivity index (χ1v) is 6.44. The average molecular weight is 280 g/mol. The predicted molar refractivity (Wildman–Crippen MR) is 77.4 cm³/mol. The first-order valence-electron chi connectivity index (χ1n) is 6.44. The molecule has 0 spiro atoms. The van der Waals surface area contributed by atoms with E-state index in [1.54, 1.807) is 48.5 Å². The van der Waals surface area contributed by atoms with Crippen molar-refractivity contribution in [2.45, 2.75) is 0 Å². The zero-order chi connectivity index (χ0) is 15.0. The normalized spacial score (nSPS) is 13.3. The molecule has 2 aromatic rings. The highest BCUT2D eigenvalue weighted by Crippen LogP contribution is 2.30. The molecule has 1 aliphatic heterocycles. The molecular formula is C16H12N2O3. The minimum absolute atomic E-state index is 0.287. The molecule has 0 unspecified atom stereocenters. The minimum atomic E-state index is -0.410. The third-order valence-electron chi connectivity index (χ3n) is 3.41. The molecule has 21 heavy (non-hydrogen) atoms. The molecule has 2 aromatic carbocycles. The van der Waals surface area contributed by atoms with Gasteiger partial charge in [-0.15, -0.1) is 0 Å². The van der Waals surface area contributed by atoms with Gasteiger partial charge in [-0.25, -0.2) is 4.90 Å². The minimum Gasteiger partial charge on any atom is -0.355 e. The number of carbonyl (C=O) groups excluding carboxylic acids is 3. The second-order valence-electron chi connectivity index (χ2n) is 4.59. The standard InChI is InChI=1S/C16H12N2O3/c1-17-14(19)12-8-4-5-9-13(12)18-15(20)10-6-2-3-7-11(10)16(18)21/h2-9H,1H3,(H,17,19). The maximum Gasteiger partial charge on any atom is 0.266 e. The van der Waals surface area contributed by atoms with Gasteiger partial charge in [-0.1, -0.05) is 24.3 Å². The van der Waals surface area contributed by atoms with Crippen LogP contribution in [0.2, 0.25) is 0 Å². The number of para-hydroxylation sites is 1. The number of hydrogen-bond acceptors (Lipinski definition) is 3. The summed E-state index contributed by atoms with van der Waals surface area (Å²) in [6.45, 7) is 0. The van der Waals surface area contributed by atoms with Gasteiger partial charge in [-0.3, -0.25) is 14.4 Å². The smallest absolute Gasteiger partial charge is 0.266 e. The van der Waals surface area contributed by atoms with Crippen molar-refractivity contribution in [3.63, 3.8) is 0 Å². The van der Waals surface area contributed by atoms with Crippen molar-refractivity contribution >= 4 is 23.4 Å². The Kier molecular flexibility index (Phi) is 3.02. The summed E-state index contributed by atoms with van der Waals surface area (Å²) in [6.07, 6.45) is 0. The summed E-state index contributed by atoms with van der Waals surface area (Å²) in [5, 5.41) is 2.51. The number of rotatable bonds is 2. The molecule has 1 heterocycles. The molecule has 0 bridgehead atoms. The molecule has 0 saturated carbocycles. The van der Waals surface area contributed by atoms with Gasteiger partial charge >= 0.3 is 0 Å². The summed E-state index contributed by atoms with van der Waals surface area (Å²) < 4.78 is 0. The van der Waals surface area contributed by atoms with Crippen LogP contribution >= 0.6 is 0 Å². The molecule has 0 fully saturated rings. The molecule has 3 rings (SSSR count). The fraction of sp³-hybridized carbons (Fsp3) is 0.0625. The van der Waals surface area contributed by atoms with E-state index < -0.39 is 11.8 Å². The van der Waals surface area contributed by atoms with Gasteiger partial charge < -0.3 is 5.32 Å². The Morgan fingerprint density at radius 2 is 1.43 bits per heavy atom. The van der Waals surface area contributed by atoms with Gasteiger partial charge in [0.05, 0.1) is 22.4 Å². The lowest BCUT2D eigenvalue weighted by Gasteiger charge is -2.17. The number of hydrogen-bond donors (Lipinski definition) is 1. The summed E-state index contributed by atoms with van der Waals surface area (Å²) in [6, 6.07) is 13.2. The van der Waals surface area contributed by atoms with E-state index in [2.05, 4.69) is 5.32 Å². The van der Waals surface area contributed by atoms with Gasteiger partial charge in [0.25, 0.3) is 17.7 Å². The number of benzene rings is 2. The third kappa shape index (κ3) is 1.90. The Morgan fingerprint density at radius 1 is 0.905 bits per heavy atom. The van der Waals surface area contributed by atoms with Crippen molar-refractivity contribution in [2.24, 2.45) is 0 Å². The van der Waals surface area contributed by atoms with Crippen molar-refractivity contribution < 1.29 is 14.4 Å². The number of fused-ring (bicyclic) bond motifs is 1. The summed E-state index contributed by atoms with van der Waals surface area (Å²) >= 11 is 0. The van der Waals surface area contributed by atoms with E-state index in [-0.39, 0.29) is 11.5 Å². The fourth-order valence-corrected chi connectivity index (χ4v) is 2.40. The van der Waals surface area contributed by atoms with Crippen molar-refractivity contribution in [3.8, 4) is 0 Å². The third-order valence-corrected chi connectivity index (χ3v) is 3.41. The van der Waals surface area contributed by atoms with Crippen LogP contribution in [0.3, 0.4) is 0 Å².